The highest BCUT2D eigenvalue weighted by Crippen LogP contribution is 2.36. The number of aromatic nitrogens is 3. The predicted octanol–water partition coefficient (Wildman–Crippen LogP) is 3.98. The van der Waals surface area contributed by atoms with Crippen molar-refractivity contribution < 1.29 is 14.2 Å². The Morgan fingerprint density at radius 1 is 1.16 bits per heavy atom. The summed E-state index contributed by atoms with van der Waals surface area (Å²) in [4.78, 5) is 19.6. The van der Waals surface area contributed by atoms with Crippen LogP contribution in [0.2, 0.25) is 0 Å². The van der Waals surface area contributed by atoms with Crippen LogP contribution in [0.25, 0.3) is 32.9 Å². The Morgan fingerprint density at radius 3 is 2.81 bits per heavy atom. The lowest BCUT2D eigenvalue weighted by Gasteiger charge is -2.28. The van der Waals surface area contributed by atoms with E-state index in [0.717, 1.165) is 10.8 Å². The standard InChI is InChI=1S/C23H20FN5O2/c1-13-12-29(8-7-25-13)22-18-11-26-20(19(24)21(18)27-23(28-22)31-2)17-10-15(30)9-14-5-3-4-6-16(14)17/h3-7,9-11,13,30H,8,12H2,1-2H3. The number of phenolic OH excluding ortho intramolecular Hbond substituents is 1. The van der Waals surface area contributed by atoms with Gasteiger partial charge in [0.25, 0.3) is 0 Å². The van der Waals surface area contributed by atoms with E-state index in [4.69, 9.17) is 4.74 Å². The topological polar surface area (TPSA) is 83.7 Å². The summed E-state index contributed by atoms with van der Waals surface area (Å²) >= 11 is 0. The summed E-state index contributed by atoms with van der Waals surface area (Å²) in [6.07, 6.45) is 3.41. The first kappa shape index (κ1) is 19.2. The molecule has 0 radical (unpaired) electrons. The van der Waals surface area contributed by atoms with Crippen LogP contribution in [0, 0.1) is 5.82 Å². The molecule has 5 rings (SSSR count). The molecule has 1 aliphatic heterocycles. The zero-order valence-electron chi connectivity index (χ0n) is 17.1. The first-order valence-corrected chi connectivity index (χ1v) is 9.94. The van der Waals surface area contributed by atoms with Crippen molar-refractivity contribution >= 4 is 33.7 Å². The lowest BCUT2D eigenvalue weighted by molar-refractivity contribution is 0.381. The average molecular weight is 417 g/mol. The lowest BCUT2D eigenvalue weighted by Crippen LogP contribution is -2.36. The maximum Gasteiger partial charge on any atom is 0.318 e. The van der Waals surface area contributed by atoms with E-state index in [1.165, 1.54) is 13.2 Å². The van der Waals surface area contributed by atoms with Crippen LogP contribution in [0.15, 0.2) is 47.6 Å². The first-order chi connectivity index (χ1) is 15.0. The van der Waals surface area contributed by atoms with E-state index in [9.17, 15) is 5.11 Å². The third-order valence-electron chi connectivity index (χ3n) is 5.37. The van der Waals surface area contributed by atoms with Gasteiger partial charge in [0.2, 0.25) is 0 Å². The number of benzene rings is 2. The molecule has 7 nitrogen and oxygen atoms in total. The molecule has 1 N–H and O–H groups in total. The number of aliphatic imine (C=N–C) groups is 1. The van der Waals surface area contributed by atoms with Crippen molar-refractivity contribution in [3.63, 3.8) is 0 Å². The molecular weight excluding hydrogens is 397 g/mol. The van der Waals surface area contributed by atoms with Gasteiger partial charge in [-0.25, -0.2) is 4.39 Å². The maximum absolute atomic E-state index is 15.8. The van der Waals surface area contributed by atoms with E-state index in [1.807, 2.05) is 42.3 Å². The third kappa shape index (κ3) is 3.30. The molecule has 2 aromatic heterocycles. The molecule has 8 heteroatoms. The molecule has 1 aliphatic rings. The summed E-state index contributed by atoms with van der Waals surface area (Å²) in [5.41, 5.74) is 0.724. The molecule has 0 bridgehead atoms. The van der Waals surface area contributed by atoms with Crippen LogP contribution >= 0.6 is 0 Å². The zero-order valence-corrected chi connectivity index (χ0v) is 17.1. The Morgan fingerprint density at radius 2 is 2.00 bits per heavy atom. The summed E-state index contributed by atoms with van der Waals surface area (Å²) in [5.74, 6) is 0.00467. The summed E-state index contributed by atoms with van der Waals surface area (Å²) in [6, 6.07) is 10.8. The number of nitrogens with zero attached hydrogens (tertiary/aromatic N) is 5. The Labute approximate surface area is 177 Å². The van der Waals surface area contributed by atoms with E-state index >= 15 is 4.39 Å². The van der Waals surface area contributed by atoms with Crippen molar-refractivity contribution in [2.24, 2.45) is 4.99 Å². The van der Waals surface area contributed by atoms with Gasteiger partial charge in [0.1, 0.15) is 22.8 Å². The van der Waals surface area contributed by atoms with E-state index in [1.54, 1.807) is 12.3 Å². The summed E-state index contributed by atoms with van der Waals surface area (Å²) < 4.78 is 21.1. The second-order valence-electron chi connectivity index (χ2n) is 7.52. The fourth-order valence-electron chi connectivity index (χ4n) is 3.97. The molecule has 0 saturated heterocycles. The highest BCUT2D eigenvalue weighted by atomic mass is 19.1. The zero-order chi connectivity index (χ0) is 21.5. The smallest absolute Gasteiger partial charge is 0.318 e. The first-order valence-electron chi connectivity index (χ1n) is 9.94. The minimum atomic E-state index is -0.589. The predicted molar refractivity (Wildman–Crippen MR) is 119 cm³/mol. The van der Waals surface area contributed by atoms with Crippen LogP contribution in [0.4, 0.5) is 10.2 Å². The summed E-state index contributed by atoms with van der Waals surface area (Å²) in [6.45, 7) is 3.21. The molecule has 156 valence electrons. The van der Waals surface area contributed by atoms with Gasteiger partial charge in [0.15, 0.2) is 5.82 Å². The van der Waals surface area contributed by atoms with Crippen molar-refractivity contribution in [1.82, 2.24) is 15.0 Å². The monoisotopic (exact) mass is 417 g/mol. The third-order valence-corrected chi connectivity index (χ3v) is 5.37. The van der Waals surface area contributed by atoms with Gasteiger partial charge < -0.3 is 14.7 Å². The van der Waals surface area contributed by atoms with E-state index in [2.05, 4.69) is 19.9 Å². The average Bonchev–Trinajstić information content (AvgIpc) is 2.78. The molecule has 2 aromatic carbocycles. The second kappa shape index (κ2) is 7.46. The van der Waals surface area contributed by atoms with Crippen LogP contribution in [0.5, 0.6) is 11.8 Å². The van der Waals surface area contributed by atoms with Gasteiger partial charge in [-0.2, -0.15) is 9.97 Å². The molecule has 0 spiro atoms. The SMILES string of the molecule is COc1nc(N2CC=NC(C)C2)c2cnc(-c3cc(O)cc4ccccc34)c(F)c2n1. The van der Waals surface area contributed by atoms with Gasteiger partial charge in [0.05, 0.1) is 25.1 Å². The molecule has 0 amide bonds. The molecule has 31 heavy (non-hydrogen) atoms. The fourth-order valence-corrected chi connectivity index (χ4v) is 3.97. The van der Waals surface area contributed by atoms with Gasteiger partial charge in [-0.15, -0.1) is 0 Å². The quantitative estimate of drug-likeness (QED) is 0.543. The Bertz CT molecular complexity index is 1340. The second-order valence-corrected chi connectivity index (χ2v) is 7.52. The number of hydrogen-bond donors (Lipinski definition) is 1. The Kier molecular flexibility index (Phi) is 4.62. The van der Waals surface area contributed by atoms with Crippen LogP contribution in [-0.4, -0.2) is 52.5 Å². The number of fused-ring (bicyclic) bond motifs is 2. The van der Waals surface area contributed by atoms with Crippen molar-refractivity contribution in [2.45, 2.75) is 13.0 Å². The highest BCUT2D eigenvalue weighted by Gasteiger charge is 2.23. The number of anilines is 1. The van der Waals surface area contributed by atoms with Gasteiger partial charge in [-0.3, -0.25) is 9.98 Å². The normalized spacial score (nSPS) is 16.2. The molecule has 0 aliphatic carbocycles. The number of ether oxygens (including phenoxy) is 1. The number of hydrogen-bond acceptors (Lipinski definition) is 7. The molecule has 0 fully saturated rings. The number of halogens is 1. The summed E-state index contributed by atoms with van der Waals surface area (Å²) in [7, 11) is 1.45. The highest BCUT2D eigenvalue weighted by molar-refractivity contribution is 6.00. The van der Waals surface area contributed by atoms with E-state index < -0.39 is 5.82 Å². The molecule has 0 saturated carbocycles. The molecule has 3 heterocycles. The van der Waals surface area contributed by atoms with Crippen molar-refractivity contribution in [1.29, 1.82) is 0 Å². The van der Waals surface area contributed by atoms with E-state index in [0.29, 0.717) is 29.9 Å². The van der Waals surface area contributed by atoms with Crippen molar-refractivity contribution in [3.05, 3.63) is 48.4 Å². The summed E-state index contributed by atoms with van der Waals surface area (Å²) in [5, 5.41) is 12.3. The van der Waals surface area contributed by atoms with Crippen LogP contribution in [-0.2, 0) is 0 Å². The molecule has 4 aromatic rings. The van der Waals surface area contributed by atoms with Crippen molar-refractivity contribution in [3.8, 4) is 23.0 Å². The maximum atomic E-state index is 15.8. The van der Waals surface area contributed by atoms with Gasteiger partial charge in [-0.05, 0) is 29.8 Å². The van der Waals surface area contributed by atoms with Crippen LogP contribution in [0.3, 0.4) is 0 Å². The molecule has 1 atom stereocenters. The number of phenols is 1. The molecule has 1 unspecified atom stereocenters. The van der Waals surface area contributed by atoms with Gasteiger partial charge in [-0.1, -0.05) is 24.3 Å². The van der Waals surface area contributed by atoms with E-state index in [-0.39, 0.29) is 29.0 Å². The minimum Gasteiger partial charge on any atom is -0.508 e. The number of methoxy groups -OCH3 is 1. The van der Waals surface area contributed by atoms with Gasteiger partial charge in [0, 0.05) is 24.5 Å². The van der Waals surface area contributed by atoms with Gasteiger partial charge >= 0.3 is 6.01 Å². The fraction of sp³-hybridized carbons (Fsp3) is 0.217. The Balaban J connectivity index is 1.75. The van der Waals surface area contributed by atoms with Crippen LogP contribution in [0.1, 0.15) is 6.92 Å². The van der Waals surface area contributed by atoms with Crippen molar-refractivity contribution in [2.75, 3.05) is 25.1 Å². The number of pyridine rings is 1. The number of rotatable bonds is 3. The Hall–Kier alpha value is -3.81. The number of aromatic hydroxyl groups is 1. The van der Waals surface area contributed by atoms with Crippen LogP contribution < -0.4 is 9.64 Å². The minimum absolute atomic E-state index is 0.0394. The largest absolute Gasteiger partial charge is 0.508 e. The molecular formula is C23H20FN5O2. The lowest BCUT2D eigenvalue weighted by atomic mass is 10.0.